The Morgan fingerprint density at radius 3 is 2.89 bits per heavy atom. The number of pyridine rings is 1. The summed E-state index contributed by atoms with van der Waals surface area (Å²) in [5, 5.41) is 0. The molecule has 134 valence electrons. The maximum absolute atomic E-state index is 13.0. The molecule has 0 saturated carbocycles. The number of para-hydroxylation sites is 1. The highest BCUT2D eigenvalue weighted by atomic mass is 16.2. The number of nitrogens with zero attached hydrogens (tertiary/aromatic N) is 5. The van der Waals surface area contributed by atoms with Gasteiger partial charge in [-0.1, -0.05) is 18.2 Å². The molecule has 0 unspecified atom stereocenters. The van der Waals surface area contributed by atoms with E-state index < -0.39 is 0 Å². The van der Waals surface area contributed by atoms with Crippen LogP contribution in [0.2, 0.25) is 0 Å². The zero-order valence-electron chi connectivity index (χ0n) is 14.9. The Kier molecular flexibility index (Phi) is 3.53. The fraction of sp³-hybridized carbons (Fsp3) is 0.200. The number of imidazole rings is 2. The molecule has 0 spiro atoms. The molecule has 4 aromatic rings. The van der Waals surface area contributed by atoms with E-state index in [0.717, 1.165) is 35.0 Å². The summed E-state index contributed by atoms with van der Waals surface area (Å²) in [6, 6.07) is 11.7. The molecule has 0 bridgehead atoms. The van der Waals surface area contributed by atoms with Gasteiger partial charge in [-0.2, -0.15) is 0 Å². The predicted octanol–water partition coefficient (Wildman–Crippen LogP) is 2.65. The molecule has 1 amide bonds. The Balaban J connectivity index is 1.45. The molecule has 5 rings (SSSR count). The average molecular weight is 358 g/mol. The van der Waals surface area contributed by atoms with Crippen molar-refractivity contribution in [3.05, 3.63) is 71.7 Å². The molecule has 1 N–H and O–H groups in total. The Labute approximate surface area is 155 Å². The SMILES string of the molecule is Cc1nc2c([nH]1)CN(C(=O)c1cnc3c(c1)ncn3-c1ccccc1)CC2. The van der Waals surface area contributed by atoms with Crippen molar-refractivity contribution in [3.8, 4) is 5.69 Å². The van der Waals surface area contributed by atoms with E-state index in [4.69, 9.17) is 0 Å². The van der Waals surface area contributed by atoms with E-state index in [1.807, 2.05) is 52.8 Å². The lowest BCUT2D eigenvalue weighted by Crippen LogP contribution is -2.36. The maximum Gasteiger partial charge on any atom is 0.255 e. The third-order valence-corrected chi connectivity index (χ3v) is 4.91. The van der Waals surface area contributed by atoms with Crippen LogP contribution >= 0.6 is 0 Å². The molecule has 3 aromatic heterocycles. The molecule has 27 heavy (non-hydrogen) atoms. The van der Waals surface area contributed by atoms with E-state index in [1.54, 1.807) is 12.5 Å². The summed E-state index contributed by atoms with van der Waals surface area (Å²) >= 11 is 0. The van der Waals surface area contributed by atoms with E-state index in [0.29, 0.717) is 24.2 Å². The number of fused-ring (bicyclic) bond motifs is 2. The zero-order valence-corrected chi connectivity index (χ0v) is 14.9. The van der Waals surface area contributed by atoms with Crippen LogP contribution in [0.1, 0.15) is 27.6 Å². The van der Waals surface area contributed by atoms with E-state index in [-0.39, 0.29) is 5.91 Å². The van der Waals surface area contributed by atoms with Crippen LogP contribution in [0.3, 0.4) is 0 Å². The van der Waals surface area contributed by atoms with Crippen molar-refractivity contribution in [2.24, 2.45) is 0 Å². The Morgan fingerprint density at radius 2 is 2.04 bits per heavy atom. The molecular formula is C20H18N6O. The summed E-state index contributed by atoms with van der Waals surface area (Å²) in [6.07, 6.45) is 4.14. The first-order valence-electron chi connectivity index (χ1n) is 8.91. The number of H-pyrrole nitrogens is 1. The Bertz CT molecular complexity index is 1140. The number of hydrogen-bond acceptors (Lipinski definition) is 4. The molecule has 1 aliphatic rings. The van der Waals surface area contributed by atoms with Gasteiger partial charge in [0.15, 0.2) is 5.65 Å². The van der Waals surface area contributed by atoms with Crippen LogP contribution in [0.5, 0.6) is 0 Å². The van der Waals surface area contributed by atoms with Crippen LogP contribution in [-0.4, -0.2) is 41.9 Å². The lowest BCUT2D eigenvalue weighted by molar-refractivity contribution is 0.0731. The van der Waals surface area contributed by atoms with Gasteiger partial charge in [0.05, 0.1) is 23.5 Å². The van der Waals surface area contributed by atoms with E-state index in [2.05, 4.69) is 19.9 Å². The van der Waals surface area contributed by atoms with Crippen molar-refractivity contribution >= 4 is 17.1 Å². The van der Waals surface area contributed by atoms with Gasteiger partial charge in [-0.25, -0.2) is 15.0 Å². The highest BCUT2D eigenvalue weighted by Crippen LogP contribution is 2.21. The van der Waals surface area contributed by atoms with Gasteiger partial charge in [0.25, 0.3) is 5.91 Å². The van der Waals surface area contributed by atoms with Gasteiger partial charge in [-0.15, -0.1) is 0 Å². The number of carbonyl (C=O) groups excluding carboxylic acids is 1. The second kappa shape index (κ2) is 6.05. The van der Waals surface area contributed by atoms with Crippen molar-refractivity contribution in [2.75, 3.05) is 6.54 Å². The minimum absolute atomic E-state index is 0.0310. The van der Waals surface area contributed by atoms with Gasteiger partial charge in [0, 0.05) is 24.8 Å². The number of carbonyl (C=O) groups is 1. The number of hydrogen-bond donors (Lipinski definition) is 1. The van der Waals surface area contributed by atoms with Gasteiger partial charge >= 0.3 is 0 Å². The van der Waals surface area contributed by atoms with Crippen molar-refractivity contribution < 1.29 is 4.79 Å². The van der Waals surface area contributed by atoms with E-state index in [9.17, 15) is 4.79 Å². The Morgan fingerprint density at radius 1 is 1.19 bits per heavy atom. The molecule has 4 heterocycles. The molecule has 7 nitrogen and oxygen atoms in total. The van der Waals surface area contributed by atoms with Crippen LogP contribution in [0.15, 0.2) is 48.9 Å². The smallest absolute Gasteiger partial charge is 0.255 e. The summed E-state index contributed by atoms with van der Waals surface area (Å²) in [7, 11) is 0. The normalized spacial score (nSPS) is 13.7. The van der Waals surface area contributed by atoms with Crippen molar-refractivity contribution in [1.29, 1.82) is 0 Å². The molecule has 0 aliphatic carbocycles. The lowest BCUT2D eigenvalue weighted by atomic mass is 10.1. The second-order valence-electron chi connectivity index (χ2n) is 6.74. The van der Waals surface area contributed by atoms with Crippen LogP contribution in [0, 0.1) is 6.92 Å². The van der Waals surface area contributed by atoms with Crippen LogP contribution in [0.4, 0.5) is 0 Å². The number of rotatable bonds is 2. The number of nitrogens with one attached hydrogen (secondary N) is 1. The molecule has 0 atom stereocenters. The molecule has 7 heteroatoms. The molecule has 1 aromatic carbocycles. The summed E-state index contributed by atoms with van der Waals surface area (Å²) in [5.74, 6) is 0.861. The van der Waals surface area contributed by atoms with Gasteiger partial charge in [0.2, 0.25) is 0 Å². The zero-order chi connectivity index (χ0) is 18.4. The summed E-state index contributed by atoms with van der Waals surface area (Å²) in [4.78, 5) is 31.5. The van der Waals surface area contributed by atoms with Crippen molar-refractivity contribution in [2.45, 2.75) is 19.9 Å². The number of benzene rings is 1. The third kappa shape index (κ3) is 2.68. The molecular weight excluding hydrogens is 340 g/mol. The van der Waals surface area contributed by atoms with E-state index >= 15 is 0 Å². The van der Waals surface area contributed by atoms with Gasteiger partial charge in [-0.05, 0) is 25.1 Å². The second-order valence-corrected chi connectivity index (χ2v) is 6.74. The predicted molar refractivity (Wildman–Crippen MR) is 101 cm³/mol. The summed E-state index contributed by atoms with van der Waals surface area (Å²) in [5.41, 5.74) is 5.08. The molecule has 0 saturated heterocycles. The fourth-order valence-electron chi connectivity index (χ4n) is 3.59. The van der Waals surface area contributed by atoms with Gasteiger partial charge in [0.1, 0.15) is 17.7 Å². The third-order valence-electron chi connectivity index (χ3n) is 4.91. The highest BCUT2D eigenvalue weighted by Gasteiger charge is 2.24. The monoisotopic (exact) mass is 358 g/mol. The Hall–Kier alpha value is -3.48. The lowest BCUT2D eigenvalue weighted by Gasteiger charge is -2.26. The largest absolute Gasteiger partial charge is 0.344 e. The van der Waals surface area contributed by atoms with Crippen LogP contribution in [0.25, 0.3) is 16.9 Å². The van der Waals surface area contributed by atoms with Crippen molar-refractivity contribution in [1.82, 2.24) is 29.4 Å². The molecule has 0 radical (unpaired) electrons. The van der Waals surface area contributed by atoms with Gasteiger partial charge < -0.3 is 9.88 Å². The van der Waals surface area contributed by atoms with Gasteiger partial charge in [-0.3, -0.25) is 9.36 Å². The minimum atomic E-state index is -0.0310. The standard InChI is InChI=1S/C20H18N6O/c1-13-23-16-7-8-25(11-18(16)24-13)20(27)14-9-17-19(21-10-14)26(12-22-17)15-5-3-2-4-6-15/h2-6,9-10,12H,7-8,11H2,1H3,(H,23,24). The first-order chi connectivity index (χ1) is 13.2. The molecule has 0 fully saturated rings. The average Bonchev–Trinajstić information content (AvgIpc) is 3.29. The number of aromatic nitrogens is 5. The summed E-state index contributed by atoms with van der Waals surface area (Å²) in [6.45, 7) is 3.14. The summed E-state index contributed by atoms with van der Waals surface area (Å²) < 4.78 is 1.92. The molecule has 1 aliphatic heterocycles. The van der Waals surface area contributed by atoms with Crippen LogP contribution in [-0.2, 0) is 13.0 Å². The highest BCUT2D eigenvalue weighted by molar-refractivity contribution is 5.96. The number of aryl methyl sites for hydroxylation is 1. The first kappa shape index (κ1) is 15.7. The fourth-order valence-corrected chi connectivity index (χ4v) is 3.59. The minimum Gasteiger partial charge on any atom is -0.344 e. The number of aromatic amines is 1. The topological polar surface area (TPSA) is 79.7 Å². The number of amides is 1. The van der Waals surface area contributed by atoms with Crippen LogP contribution < -0.4 is 0 Å². The maximum atomic E-state index is 13.0. The van der Waals surface area contributed by atoms with Crippen molar-refractivity contribution in [3.63, 3.8) is 0 Å². The van der Waals surface area contributed by atoms with E-state index in [1.165, 1.54) is 0 Å². The quantitative estimate of drug-likeness (QED) is 0.597. The first-order valence-corrected chi connectivity index (χ1v) is 8.91.